The zero-order valence-corrected chi connectivity index (χ0v) is 8.02. The Kier molecular flexibility index (Phi) is 2.04. The normalized spacial score (nSPS) is 13.9. The summed E-state index contributed by atoms with van der Waals surface area (Å²) >= 11 is 0. The largest absolute Gasteiger partial charge is 0.477 e. The van der Waals surface area contributed by atoms with Gasteiger partial charge in [0.1, 0.15) is 0 Å². The first-order valence-corrected chi connectivity index (χ1v) is 4.39. The number of carboxylic acids is 1. The summed E-state index contributed by atoms with van der Waals surface area (Å²) in [7, 11) is 0. The van der Waals surface area contributed by atoms with E-state index in [-0.39, 0.29) is 11.5 Å². The van der Waals surface area contributed by atoms with Gasteiger partial charge in [0, 0.05) is 11.6 Å². The van der Waals surface area contributed by atoms with Crippen LogP contribution in [0.1, 0.15) is 15.9 Å². The number of hydrogen-bond donors (Lipinski definition) is 1. The SMILES string of the molecule is Cc1ccc2c(c1)C(=O)C=C(C(=O)O)[N]2. The molecular weight excluding hydrogens is 194 g/mol. The van der Waals surface area contributed by atoms with E-state index in [0.29, 0.717) is 11.3 Å². The molecule has 0 aromatic heterocycles. The summed E-state index contributed by atoms with van der Waals surface area (Å²) in [6, 6.07) is 5.15. The Balaban J connectivity index is 2.49. The number of carbonyl (C=O) groups excluding carboxylic acids is 1. The Morgan fingerprint density at radius 1 is 1.40 bits per heavy atom. The highest BCUT2D eigenvalue weighted by Gasteiger charge is 2.22. The van der Waals surface area contributed by atoms with Crippen molar-refractivity contribution in [1.29, 1.82) is 0 Å². The summed E-state index contributed by atoms with van der Waals surface area (Å²) in [4.78, 5) is 22.2. The summed E-state index contributed by atoms with van der Waals surface area (Å²) < 4.78 is 0. The molecule has 75 valence electrons. The second kappa shape index (κ2) is 3.24. The Morgan fingerprint density at radius 3 is 2.80 bits per heavy atom. The quantitative estimate of drug-likeness (QED) is 0.748. The van der Waals surface area contributed by atoms with Gasteiger partial charge in [-0.25, -0.2) is 10.1 Å². The van der Waals surface area contributed by atoms with Gasteiger partial charge < -0.3 is 5.11 Å². The monoisotopic (exact) mass is 202 g/mol. The van der Waals surface area contributed by atoms with Gasteiger partial charge in [-0.3, -0.25) is 4.79 Å². The Hall–Kier alpha value is -2.10. The van der Waals surface area contributed by atoms with Gasteiger partial charge in [0.05, 0.1) is 5.69 Å². The van der Waals surface area contributed by atoms with E-state index < -0.39 is 5.97 Å². The van der Waals surface area contributed by atoms with Gasteiger partial charge in [0.15, 0.2) is 11.5 Å². The Labute approximate surface area is 86.2 Å². The van der Waals surface area contributed by atoms with Crippen LogP contribution < -0.4 is 5.32 Å². The molecule has 1 radical (unpaired) electrons. The number of fused-ring (bicyclic) bond motifs is 1. The third-order valence-electron chi connectivity index (χ3n) is 2.15. The Bertz CT molecular complexity index is 489. The highest BCUT2D eigenvalue weighted by atomic mass is 16.4. The number of ketones is 1. The molecule has 1 aromatic rings. The highest BCUT2D eigenvalue weighted by Crippen LogP contribution is 2.24. The second-order valence-corrected chi connectivity index (χ2v) is 3.33. The van der Waals surface area contributed by atoms with Crippen LogP contribution in [0.2, 0.25) is 0 Å². The maximum atomic E-state index is 11.6. The average molecular weight is 202 g/mol. The molecule has 0 fully saturated rings. The molecule has 1 aliphatic rings. The van der Waals surface area contributed by atoms with Crippen molar-refractivity contribution in [3.8, 4) is 0 Å². The average Bonchev–Trinajstić information content (AvgIpc) is 2.18. The lowest BCUT2D eigenvalue weighted by molar-refractivity contribution is -0.133. The number of nitrogens with zero attached hydrogens (tertiary/aromatic N) is 1. The van der Waals surface area contributed by atoms with E-state index in [0.717, 1.165) is 11.6 Å². The van der Waals surface area contributed by atoms with Crippen molar-refractivity contribution in [1.82, 2.24) is 5.32 Å². The van der Waals surface area contributed by atoms with Crippen LogP contribution in [0.5, 0.6) is 0 Å². The maximum Gasteiger partial charge on any atom is 0.354 e. The van der Waals surface area contributed by atoms with E-state index in [9.17, 15) is 9.59 Å². The summed E-state index contributed by atoms with van der Waals surface area (Å²) in [5.74, 6) is -1.49. The molecule has 0 unspecified atom stereocenters. The topological polar surface area (TPSA) is 68.5 Å². The summed E-state index contributed by atoms with van der Waals surface area (Å²) in [6.45, 7) is 1.87. The minimum absolute atomic E-state index is 0.212. The number of carboxylic acid groups (broad SMARTS) is 1. The Morgan fingerprint density at radius 2 is 2.13 bits per heavy atom. The lowest BCUT2D eigenvalue weighted by Crippen LogP contribution is -2.18. The molecule has 2 rings (SSSR count). The number of hydrogen-bond acceptors (Lipinski definition) is 2. The molecule has 0 amide bonds. The number of rotatable bonds is 1. The van der Waals surface area contributed by atoms with E-state index in [4.69, 9.17) is 5.11 Å². The fraction of sp³-hybridized carbons (Fsp3) is 0.0909. The minimum Gasteiger partial charge on any atom is -0.477 e. The molecule has 0 aliphatic carbocycles. The van der Waals surface area contributed by atoms with Crippen molar-refractivity contribution in [3.63, 3.8) is 0 Å². The first kappa shape index (κ1) is 9.45. The number of benzene rings is 1. The first-order chi connectivity index (χ1) is 7.08. The predicted octanol–water partition coefficient (Wildman–Crippen LogP) is 1.40. The van der Waals surface area contributed by atoms with Crippen molar-refractivity contribution < 1.29 is 14.7 Å². The number of carbonyl (C=O) groups is 2. The van der Waals surface area contributed by atoms with Crippen LogP contribution in [-0.4, -0.2) is 16.9 Å². The van der Waals surface area contributed by atoms with E-state index in [1.165, 1.54) is 0 Å². The number of allylic oxidation sites excluding steroid dienone is 1. The van der Waals surface area contributed by atoms with Crippen LogP contribution in [0.4, 0.5) is 5.69 Å². The lowest BCUT2D eigenvalue weighted by atomic mass is 10.0. The van der Waals surface area contributed by atoms with E-state index >= 15 is 0 Å². The standard InChI is InChI=1S/C11H8NO3/c1-6-2-3-8-7(4-6)10(13)5-9(12-8)11(14)15/h2-5H,1H3,(H,14,15). The van der Waals surface area contributed by atoms with Crippen molar-refractivity contribution >= 4 is 17.4 Å². The van der Waals surface area contributed by atoms with Gasteiger partial charge in [-0.2, -0.15) is 0 Å². The molecule has 15 heavy (non-hydrogen) atoms. The van der Waals surface area contributed by atoms with Crippen molar-refractivity contribution in [2.75, 3.05) is 0 Å². The fourth-order valence-electron chi connectivity index (χ4n) is 1.42. The van der Waals surface area contributed by atoms with Crippen LogP contribution in [0.25, 0.3) is 0 Å². The van der Waals surface area contributed by atoms with Gasteiger partial charge in [-0.1, -0.05) is 11.6 Å². The third-order valence-corrected chi connectivity index (χ3v) is 2.15. The number of aliphatic carboxylic acids is 1. The van der Waals surface area contributed by atoms with Crippen LogP contribution in [0.3, 0.4) is 0 Å². The van der Waals surface area contributed by atoms with E-state index in [1.807, 2.05) is 6.92 Å². The van der Waals surface area contributed by atoms with Gasteiger partial charge in [0.2, 0.25) is 0 Å². The summed E-state index contributed by atoms with van der Waals surface area (Å²) in [5.41, 5.74) is 1.62. The molecule has 4 nitrogen and oxygen atoms in total. The van der Waals surface area contributed by atoms with Crippen LogP contribution in [0.15, 0.2) is 30.0 Å². The molecule has 1 N–H and O–H groups in total. The highest BCUT2D eigenvalue weighted by molar-refractivity contribution is 6.13. The van der Waals surface area contributed by atoms with Gasteiger partial charge in [0.25, 0.3) is 0 Å². The number of aryl methyl sites for hydroxylation is 1. The maximum absolute atomic E-state index is 11.6. The molecule has 0 saturated heterocycles. The third kappa shape index (κ3) is 1.61. The van der Waals surface area contributed by atoms with E-state index in [2.05, 4.69) is 5.32 Å². The molecule has 1 heterocycles. The smallest absolute Gasteiger partial charge is 0.354 e. The van der Waals surface area contributed by atoms with Crippen molar-refractivity contribution in [2.24, 2.45) is 0 Å². The minimum atomic E-state index is -1.19. The van der Waals surface area contributed by atoms with Crippen molar-refractivity contribution in [2.45, 2.75) is 6.92 Å². The molecule has 1 aromatic carbocycles. The predicted molar refractivity (Wildman–Crippen MR) is 53.0 cm³/mol. The molecule has 0 spiro atoms. The molecular formula is C11H8NO3. The molecule has 1 aliphatic heterocycles. The van der Waals surface area contributed by atoms with Crippen LogP contribution in [-0.2, 0) is 4.79 Å². The zero-order chi connectivity index (χ0) is 11.0. The molecule has 0 saturated carbocycles. The first-order valence-electron chi connectivity index (χ1n) is 4.39. The lowest BCUT2D eigenvalue weighted by Gasteiger charge is -2.13. The summed E-state index contributed by atoms with van der Waals surface area (Å²) in [6.07, 6.45) is 1.05. The molecule has 4 heteroatoms. The van der Waals surface area contributed by atoms with E-state index in [1.54, 1.807) is 18.2 Å². The van der Waals surface area contributed by atoms with Gasteiger partial charge >= 0.3 is 5.97 Å². The van der Waals surface area contributed by atoms with Crippen LogP contribution in [0, 0.1) is 6.92 Å². The van der Waals surface area contributed by atoms with Crippen molar-refractivity contribution in [3.05, 3.63) is 41.1 Å². The van der Waals surface area contributed by atoms with Crippen LogP contribution >= 0.6 is 0 Å². The van der Waals surface area contributed by atoms with Gasteiger partial charge in [-0.15, -0.1) is 0 Å². The summed E-state index contributed by atoms with van der Waals surface area (Å²) in [5, 5.41) is 12.6. The fourth-order valence-corrected chi connectivity index (χ4v) is 1.42. The second-order valence-electron chi connectivity index (χ2n) is 3.33. The molecule has 0 atom stereocenters. The zero-order valence-electron chi connectivity index (χ0n) is 8.02. The molecule has 0 bridgehead atoms. The van der Waals surface area contributed by atoms with Gasteiger partial charge in [-0.05, 0) is 19.1 Å².